The van der Waals surface area contributed by atoms with E-state index >= 15 is 0 Å². The van der Waals surface area contributed by atoms with E-state index in [9.17, 15) is 9.59 Å². The number of hydrogen-bond donors (Lipinski definition) is 1. The molecule has 0 aliphatic heterocycles. The second-order valence-corrected chi connectivity index (χ2v) is 9.50. The van der Waals surface area contributed by atoms with E-state index in [-0.39, 0.29) is 11.3 Å². The molecule has 160 valence electrons. The summed E-state index contributed by atoms with van der Waals surface area (Å²) in [7, 11) is 0. The van der Waals surface area contributed by atoms with Gasteiger partial charge in [-0.05, 0) is 29.8 Å². The van der Waals surface area contributed by atoms with Crippen molar-refractivity contribution in [1.82, 2.24) is 9.97 Å². The standard InChI is InChI=1S/C25H19ClN2O2S2/c26-19-11-13-21(14-12-19)31-16-20-15-22(29)28-25(27-20)32-24(18-9-5-2-6-10-18)23(30)17-7-3-1-4-8-17/h1-15,24H,16H2,(H,27,28,29)/t24-/m1/s1. The Morgan fingerprint density at radius 3 is 2.28 bits per heavy atom. The number of carbonyl (C=O) groups excluding carboxylic acids is 1. The molecule has 0 radical (unpaired) electrons. The summed E-state index contributed by atoms with van der Waals surface area (Å²) in [5.74, 6) is 0.493. The van der Waals surface area contributed by atoms with Crippen molar-refractivity contribution < 1.29 is 4.79 Å². The van der Waals surface area contributed by atoms with Crippen molar-refractivity contribution in [2.75, 3.05) is 0 Å². The molecule has 0 amide bonds. The number of aromatic amines is 1. The SMILES string of the molecule is O=C(c1ccccc1)[C@H](Sc1nc(CSc2ccc(Cl)cc2)cc(=O)[nH]1)c1ccccc1. The third kappa shape index (κ3) is 5.91. The molecule has 1 heterocycles. The van der Waals surface area contributed by atoms with Gasteiger partial charge in [-0.3, -0.25) is 9.59 Å². The van der Waals surface area contributed by atoms with E-state index in [1.54, 1.807) is 23.9 Å². The monoisotopic (exact) mass is 478 g/mol. The van der Waals surface area contributed by atoms with Gasteiger partial charge in [-0.15, -0.1) is 11.8 Å². The Morgan fingerprint density at radius 2 is 1.59 bits per heavy atom. The van der Waals surface area contributed by atoms with Gasteiger partial charge in [-0.1, -0.05) is 84.0 Å². The van der Waals surface area contributed by atoms with Gasteiger partial charge in [0.25, 0.3) is 5.56 Å². The normalized spacial score (nSPS) is 11.8. The van der Waals surface area contributed by atoms with Crippen molar-refractivity contribution in [3.05, 3.63) is 123 Å². The minimum absolute atomic E-state index is 0.0367. The zero-order valence-corrected chi connectivity index (χ0v) is 19.3. The van der Waals surface area contributed by atoms with Gasteiger partial charge in [-0.2, -0.15) is 0 Å². The van der Waals surface area contributed by atoms with Crippen LogP contribution in [0.15, 0.2) is 106 Å². The fraction of sp³-hybridized carbons (Fsp3) is 0.0800. The average Bonchev–Trinajstić information content (AvgIpc) is 2.82. The van der Waals surface area contributed by atoms with Crippen LogP contribution in [0.25, 0.3) is 0 Å². The van der Waals surface area contributed by atoms with Crippen LogP contribution < -0.4 is 5.56 Å². The molecule has 0 bridgehead atoms. The molecule has 1 N–H and O–H groups in total. The number of halogens is 1. The fourth-order valence-electron chi connectivity index (χ4n) is 3.07. The maximum atomic E-state index is 13.3. The lowest BCUT2D eigenvalue weighted by molar-refractivity contribution is 0.0989. The Hall–Kier alpha value is -2.80. The second kappa shape index (κ2) is 10.7. The van der Waals surface area contributed by atoms with Gasteiger partial charge in [0.1, 0.15) is 5.25 Å². The van der Waals surface area contributed by atoms with Gasteiger partial charge in [0, 0.05) is 27.3 Å². The molecule has 0 spiro atoms. The Bertz CT molecular complexity index is 1250. The maximum Gasteiger partial charge on any atom is 0.251 e. The van der Waals surface area contributed by atoms with E-state index in [1.807, 2.05) is 72.8 Å². The van der Waals surface area contributed by atoms with Crippen LogP contribution in [-0.4, -0.2) is 15.8 Å². The molecule has 0 saturated heterocycles. The molecule has 1 atom stereocenters. The number of carbonyl (C=O) groups is 1. The van der Waals surface area contributed by atoms with Crippen LogP contribution in [0.1, 0.15) is 26.9 Å². The van der Waals surface area contributed by atoms with E-state index < -0.39 is 5.25 Å². The summed E-state index contributed by atoms with van der Waals surface area (Å²) in [5, 5.41) is 0.570. The topological polar surface area (TPSA) is 62.8 Å². The molecular formula is C25H19ClN2O2S2. The largest absolute Gasteiger partial charge is 0.301 e. The Labute approximate surface area is 199 Å². The van der Waals surface area contributed by atoms with Gasteiger partial charge in [0.05, 0.1) is 5.69 Å². The molecule has 3 aromatic carbocycles. The van der Waals surface area contributed by atoms with E-state index in [1.165, 1.54) is 17.8 Å². The van der Waals surface area contributed by atoms with Gasteiger partial charge in [0.15, 0.2) is 10.9 Å². The lowest BCUT2D eigenvalue weighted by atomic mass is 10.0. The number of nitrogens with zero attached hydrogens (tertiary/aromatic N) is 1. The molecule has 4 nitrogen and oxygen atoms in total. The summed E-state index contributed by atoms with van der Waals surface area (Å²) in [6, 6.07) is 27.7. The van der Waals surface area contributed by atoms with E-state index in [0.717, 1.165) is 10.5 Å². The van der Waals surface area contributed by atoms with Crippen LogP contribution in [-0.2, 0) is 5.75 Å². The molecule has 7 heteroatoms. The molecular weight excluding hydrogens is 460 g/mol. The highest BCUT2D eigenvalue weighted by atomic mass is 35.5. The first kappa shape index (κ1) is 22.4. The number of aromatic nitrogens is 2. The van der Waals surface area contributed by atoms with E-state index in [4.69, 9.17) is 11.6 Å². The molecule has 4 rings (SSSR count). The summed E-state index contributed by atoms with van der Waals surface area (Å²) in [6.45, 7) is 0. The first-order valence-electron chi connectivity index (χ1n) is 9.88. The van der Waals surface area contributed by atoms with Crippen LogP contribution in [0, 0.1) is 0 Å². The molecule has 32 heavy (non-hydrogen) atoms. The molecule has 0 aliphatic rings. The Morgan fingerprint density at radius 1 is 0.938 bits per heavy atom. The summed E-state index contributed by atoms with van der Waals surface area (Å²) in [6.07, 6.45) is 0. The number of rotatable bonds is 8. The van der Waals surface area contributed by atoms with Gasteiger partial charge < -0.3 is 4.98 Å². The van der Waals surface area contributed by atoms with E-state index in [0.29, 0.717) is 27.2 Å². The van der Waals surface area contributed by atoms with Crippen LogP contribution in [0.5, 0.6) is 0 Å². The minimum atomic E-state index is -0.527. The molecule has 0 unspecified atom stereocenters. The van der Waals surface area contributed by atoms with Crippen LogP contribution in [0.3, 0.4) is 0 Å². The van der Waals surface area contributed by atoms with Crippen molar-refractivity contribution in [2.45, 2.75) is 21.1 Å². The van der Waals surface area contributed by atoms with E-state index in [2.05, 4.69) is 9.97 Å². The highest BCUT2D eigenvalue weighted by molar-refractivity contribution is 8.00. The molecule has 0 fully saturated rings. The molecule has 4 aromatic rings. The Kier molecular flexibility index (Phi) is 7.47. The van der Waals surface area contributed by atoms with Gasteiger partial charge >= 0.3 is 0 Å². The third-order valence-corrected chi connectivity index (χ3v) is 7.04. The lowest BCUT2D eigenvalue weighted by Gasteiger charge is -2.16. The third-order valence-electron chi connectivity index (χ3n) is 4.60. The summed E-state index contributed by atoms with van der Waals surface area (Å²) in [5.41, 5.74) is 1.88. The van der Waals surface area contributed by atoms with Crippen LogP contribution >= 0.6 is 35.1 Å². The van der Waals surface area contributed by atoms with Crippen molar-refractivity contribution in [3.63, 3.8) is 0 Å². The fourth-order valence-corrected chi connectivity index (χ4v) is 5.07. The number of benzene rings is 3. The predicted octanol–water partition coefficient (Wildman–Crippen LogP) is 6.43. The smallest absolute Gasteiger partial charge is 0.251 e. The number of thioether (sulfide) groups is 2. The van der Waals surface area contributed by atoms with Crippen LogP contribution in [0.4, 0.5) is 0 Å². The number of Topliss-reactive ketones (excluding diaryl/α,β-unsaturated/α-hetero) is 1. The highest BCUT2D eigenvalue weighted by Crippen LogP contribution is 2.36. The zero-order chi connectivity index (χ0) is 22.3. The van der Waals surface area contributed by atoms with Crippen LogP contribution in [0.2, 0.25) is 5.02 Å². The second-order valence-electron chi connectivity index (χ2n) is 6.92. The summed E-state index contributed by atoms with van der Waals surface area (Å²) in [4.78, 5) is 34.0. The highest BCUT2D eigenvalue weighted by Gasteiger charge is 2.24. The number of nitrogens with one attached hydrogen (secondary N) is 1. The minimum Gasteiger partial charge on any atom is -0.301 e. The first-order chi connectivity index (χ1) is 15.6. The summed E-state index contributed by atoms with van der Waals surface area (Å²) < 4.78 is 0. The first-order valence-corrected chi connectivity index (χ1v) is 12.1. The number of H-pyrrole nitrogens is 1. The molecule has 1 aromatic heterocycles. The number of ketones is 1. The average molecular weight is 479 g/mol. The molecule has 0 aliphatic carbocycles. The number of hydrogen-bond acceptors (Lipinski definition) is 5. The summed E-state index contributed by atoms with van der Waals surface area (Å²) >= 11 is 8.76. The van der Waals surface area contributed by atoms with Gasteiger partial charge in [-0.25, -0.2) is 4.98 Å². The lowest BCUT2D eigenvalue weighted by Crippen LogP contribution is -2.14. The van der Waals surface area contributed by atoms with Gasteiger partial charge in [0.2, 0.25) is 0 Å². The molecule has 0 saturated carbocycles. The van der Waals surface area contributed by atoms with Crippen molar-refractivity contribution in [2.24, 2.45) is 0 Å². The predicted molar refractivity (Wildman–Crippen MR) is 132 cm³/mol. The van der Waals surface area contributed by atoms with Crippen molar-refractivity contribution in [1.29, 1.82) is 0 Å². The van der Waals surface area contributed by atoms with Crippen molar-refractivity contribution in [3.8, 4) is 0 Å². The van der Waals surface area contributed by atoms with Crippen molar-refractivity contribution >= 4 is 40.9 Å². The maximum absolute atomic E-state index is 13.3. The zero-order valence-electron chi connectivity index (χ0n) is 16.9. The Balaban J connectivity index is 1.58. The quantitative estimate of drug-likeness (QED) is 0.179.